The molecular formula is C26H40N2O4S. The van der Waals surface area contributed by atoms with E-state index in [1.807, 2.05) is 6.92 Å². The molecule has 1 aliphatic carbocycles. The van der Waals surface area contributed by atoms with Crippen molar-refractivity contribution in [2.24, 2.45) is 11.8 Å². The molecule has 33 heavy (non-hydrogen) atoms. The quantitative estimate of drug-likeness (QED) is 0.608. The predicted octanol–water partition coefficient (Wildman–Crippen LogP) is 3.73. The molecule has 0 unspecified atom stereocenters. The molecule has 0 spiro atoms. The van der Waals surface area contributed by atoms with E-state index in [4.69, 9.17) is 4.74 Å². The number of nitrogens with zero attached hydrogens (tertiary/aromatic N) is 2. The SMILES string of the molecule is CCCN(C)C[C@@H]1Oc2cc(C#CCC3CCCC3)ccc2S(=O)(=O)N([C@H](C)CO)C[C@@H]1C. The summed E-state index contributed by atoms with van der Waals surface area (Å²) in [6.07, 6.45) is 6.85. The minimum absolute atomic E-state index is 0.0432. The average molecular weight is 477 g/mol. The minimum Gasteiger partial charge on any atom is -0.487 e. The van der Waals surface area contributed by atoms with E-state index in [1.54, 1.807) is 25.1 Å². The van der Waals surface area contributed by atoms with Crippen molar-refractivity contribution in [1.82, 2.24) is 9.21 Å². The standard InChI is InChI=1S/C26H40N2O4S/c1-5-15-27(4)18-25-20(2)17-28(21(3)19-29)33(30,31)26-14-13-23(16-24(26)32-25)12-8-11-22-9-6-7-10-22/h13-14,16,20-22,25,29H,5-7,9-11,15,17-19H2,1-4H3/t20-,21+,25-/m0/s1. The number of hydrogen-bond acceptors (Lipinski definition) is 5. The summed E-state index contributed by atoms with van der Waals surface area (Å²) in [6.45, 7) is 7.63. The van der Waals surface area contributed by atoms with Crippen molar-refractivity contribution in [2.75, 3.05) is 33.3 Å². The third kappa shape index (κ3) is 6.51. The maximum absolute atomic E-state index is 13.5. The Morgan fingerprint density at radius 2 is 2.03 bits per heavy atom. The first-order valence-electron chi connectivity index (χ1n) is 12.4. The van der Waals surface area contributed by atoms with Gasteiger partial charge in [-0.2, -0.15) is 4.31 Å². The summed E-state index contributed by atoms with van der Waals surface area (Å²) in [5.41, 5.74) is 0.776. The second kappa shape index (κ2) is 11.7. The van der Waals surface area contributed by atoms with Crippen LogP contribution in [0.15, 0.2) is 23.1 Å². The zero-order valence-corrected chi connectivity index (χ0v) is 21.4. The highest BCUT2D eigenvalue weighted by Gasteiger charge is 2.38. The molecule has 1 fully saturated rings. The summed E-state index contributed by atoms with van der Waals surface area (Å²) in [6, 6.07) is 4.65. The van der Waals surface area contributed by atoms with Crippen LogP contribution in [0.25, 0.3) is 0 Å². The average Bonchev–Trinajstić information content (AvgIpc) is 3.29. The molecule has 7 heteroatoms. The maximum atomic E-state index is 13.5. The van der Waals surface area contributed by atoms with Crippen molar-refractivity contribution in [2.45, 2.75) is 76.3 Å². The summed E-state index contributed by atoms with van der Waals surface area (Å²) < 4.78 is 34.9. The second-order valence-electron chi connectivity index (χ2n) is 9.82. The second-order valence-corrected chi connectivity index (χ2v) is 11.7. The van der Waals surface area contributed by atoms with Crippen LogP contribution in [0.2, 0.25) is 0 Å². The minimum atomic E-state index is -3.81. The van der Waals surface area contributed by atoms with Crippen LogP contribution in [0.3, 0.4) is 0 Å². The van der Waals surface area contributed by atoms with E-state index in [9.17, 15) is 13.5 Å². The molecule has 0 radical (unpaired) electrons. The van der Waals surface area contributed by atoms with E-state index in [-0.39, 0.29) is 23.5 Å². The molecule has 0 aromatic heterocycles. The lowest BCUT2D eigenvalue weighted by atomic mass is 10.0. The number of ether oxygens (including phenoxy) is 1. The molecule has 0 saturated heterocycles. The van der Waals surface area contributed by atoms with Crippen LogP contribution in [0.5, 0.6) is 5.75 Å². The highest BCUT2D eigenvalue weighted by molar-refractivity contribution is 7.89. The molecule has 3 atom stereocenters. The van der Waals surface area contributed by atoms with E-state index >= 15 is 0 Å². The molecule has 2 aliphatic rings. The molecule has 1 aromatic carbocycles. The fraction of sp³-hybridized carbons (Fsp3) is 0.692. The van der Waals surface area contributed by atoms with E-state index in [2.05, 4.69) is 30.7 Å². The van der Waals surface area contributed by atoms with Crippen LogP contribution in [-0.2, 0) is 10.0 Å². The van der Waals surface area contributed by atoms with Gasteiger partial charge >= 0.3 is 0 Å². The molecule has 3 rings (SSSR count). The Balaban J connectivity index is 1.96. The summed E-state index contributed by atoms with van der Waals surface area (Å²) in [7, 11) is -1.75. The number of likely N-dealkylation sites (N-methyl/N-ethyl adjacent to an activating group) is 1. The van der Waals surface area contributed by atoms with Gasteiger partial charge in [0.25, 0.3) is 0 Å². The fourth-order valence-corrected chi connectivity index (χ4v) is 6.64. The highest BCUT2D eigenvalue weighted by Crippen LogP contribution is 2.34. The largest absolute Gasteiger partial charge is 0.487 e. The van der Waals surface area contributed by atoms with E-state index < -0.39 is 16.1 Å². The third-order valence-electron chi connectivity index (χ3n) is 6.86. The number of aliphatic hydroxyl groups is 1. The van der Waals surface area contributed by atoms with Crippen molar-refractivity contribution >= 4 is 10.0 Å². The van der Waals surface area contributed by atoms with Gasteiger partial charge in [-0.05, 0) is 63.9 Å². The van der Waals surface area contributed by atoms with Crippen LogP contribution in [-0.4, -0.2) is 68.2 Å². The predicted molar refractivity (Wildman–Crippen MR) is 132 cm³/mol. The van der Waals surface area contributed by atoms with Crippen molar-refractivity contribution in [1.29, 1.82) is 0 Å². The third-order valence-corrected chi connectivity index (χ3v) is 8.88. The lowest BCUT2D eigenvalue weighted by Gasteiger charge is -2.37. The Labute approximate surface area is 200 Å². The van der Waals surface area contributed by atoms with Gasteiger partial charge in [-0.25, -0.2) is 8.42 Å². The Kier molecular flexibility index (Phi) is 9.23. The van der Waals surface area contributed by atoms with Gasteiger partial charge in [0.15, 0.2) is 0 Å². The van der Waals surface area contributed by atoms with Gasteiger partial charge < -0.3 is 14.7 Å². The van der Waals surface area contributed by atoms with Gasteiger partial charge in [0.05, 0.1) is 6.61 Å². The number of fused-ring (bicyclic) bond motifs is 1. The molecular weight excluding hydrogens is 436 g/mol. The van der Waals surface area contributed by atoms with Crippen LogP contribution in [0.1, 0.15) is 64.9 Å². The molecule has 1 N–H and O–H groups in total. The normalized spacial score (nSPS) is 24.3. The van der Waals surface area contributed by atoms with Crippen LogP contribution in [0.4, 0.5) is 0 Å². The lowest BCUT2D eigenvalue weighted by molar-refractivity contribution is 0.0752. The van der Waals surface area contributed by atoms with Gasteiger partial charge in [0.1, 0.15) is 16.7 Å². The first-order chi connectivity index (χ1) is 15.8. The topological polar surface area (TPSA) is 70.1 Å². The number of sulfonamides is 1. The number of rotatable bonds is 7. The molecule has 6 nitrogen and oxygen atoms in total. The first-order valence-corrected chi connectivity index (χ1v) is 13.8. The number of benzene rings is 1. The van der Waals surface area contributed by atoms with E-state index in [1.165, 1.54) is 30.0 Å². The first kappa shape index (κ1) is 26.0. The van der Waals surface area contributed by atoms with Gasteiger partial charge in [0.2, 0.25) is 10.0 Å². The Morgan fingerprint density at radius 3 is 2.70 bits per heavy atom. The van der Waals surface area contributed by atoms with Crippen LogP contribution >= 0.6 is 0 Å². The fourth-order valence-electron chi connectivity index (χ4n) is 4.81. The zero-order chi connectivity index (χ0) is 24.0. The van der Waals surface area contributed by atoms with Crippen molar-refractivity contribution < 1.29 is 18.3 Å². The van der Waals surface area contributed by atoms with Crippen LogP contribution < -0.4 is 4.74 Å². The van der Waals surface area contributed by atoms with Crippen LogP contribution in [0, 0.1) is 23.7 Å². The molecule has 1 saturated carbocycles. The lowest BCUT2D eigenvalue weighted by Crippen LogP contribution is -2.49. The Hall–Kier alpha value is -1.59. The Bertz CT molecular complexity index is 947. The zero-order valence-electron chi connectivity index (χ0n) is 20.6. The highest BCUT2D eigenvalue weighted by atomic mass is 32.2. The number of hydrogen-bond donors (Lipinski definition) is 1. The van der Waals surface area contributed by atoms with Crippen molar-refractivity contribution in [3.05, 3.63) is 23.8 Å². The summed E-state index contributed by atoms with van der Waals surface area (Å²) >= 11 is 0. The maximum Gasteiger partial charge on any atom is 0.247 e. The monoisotopic (exact) mass is 476 g/mol. The Morgan fingerprint density at radius 1 is 1.30 bits per heavy atom. The molecule has 0 bridgehead atoms. The van der Waals surface area contributed by atoms with Crippen molar-refractivity contribution in [3.8, 4) is 17.6 Å². The molecule has 1 aromatic rings. The molecule has 184 valence electrons. The van der Waals surface area contributed by atoms with Gasteiger partial charge in [-0.3, -0.25) is 0 Å². The summed E-state index contributed by atoms with van der Waals surface area (Å²) in [5, 5.41) is 9.76. The van der Waals surface area contributed by atoms with E-state index in [0.29, 0.717) is 24.8 Å². The summed E-state index contributed by atoms with van der Waals surface area (Å²) in [4.78, 5) is 2.38. The van der Waals surface area contributed by atoms with Gasteiger partial charge in [0, 0.05) is 37.0 Å². The van der Waals surface area contributed by atoms with E-state index in [0.717, 1.165) is 24.9 Å². The smallest absolute Gasteiger partial charge is 0.247 e. The molecule has 1 aliphatic heterocycles. The molecule has 1 heterocycles. The number of aliphatic hydroxyl groups excluding tert-OH is 1. The van der Waals surface area contributed by atoms with Gasteiger partial charge in [-0.15, -0.1) is 0 Å². The molecule has 0 amide bonds. The van der Waals surface area contributed by atoms with Crippen molar-refractivity contribution in [3.63, 3.8) is 0 Å². The summed E-state index contributed by atoms with van der Waals surface area (Å²) in [5.74, 6) is 7.53. The van der Waals surface area contributed by atoms with Gasteiger partial charge in [-0.1, -0.05) is 38.5 Å².